The van der Waals surface area contributed by atoms with Crippen molar-refractivity contribution in [3.8, 4) is 0 Å². The van der Waals surface area contributed by atoms with E-state index in [2.05, 4.69) is 69.1 Å². The van der Waals surface area contributed by atoms with E-state index < -0.39 is 0 Å². The van der Waals surface area contributed by atoms with Crippen molar-refractivity contribution in [3.63, 3.8) is 0 Å². The fourth-order valence-electron chi connectivity index (χ4n) is 3.07. The van der Waals surface area contributed by atoms with Gasteiger partial charge in [0.2, 0.25) is 0 Å². The van der Waals surface area contributed by atoms with Crippen molar-refractivity contribution in [1.82, 2.24) is 5.32 Å². The minimum Gasteiger partial charge on any atom is -0.369 e. The van der Waals surface area contributed by atoms with E-state index in [9.17, 15) is 0 Å². The molecule has 0 aliphatic carbocycles. The summed E-state index contributed by atoms with van der Waals surface area (Å²) in [6.07, 6.45) is 2.62. The third-order valence-corrected chi connectivity index (χ3v) is 4.25. The second-order valence-corrected chi connectivity index (χ2v) is 7.40. The van der Waals surface area contributed by atoms with Gasteiger partial charge in [-0.3, -0.25) is 0 Å². The fraction of sp³-hybridized carbons (Fsp3) is 0.667. The molecule has 2 nitrogen and oxygen atoms in total. The molecule has 112 valence electrons. The van der Waals surface area contributed by atoms with Crippen LogP contribution >= 0.6 is 0 Å². The Balaban J connectivity index is 2.15. The maximum atomic E-state index is 3.61. The maximum Gasteiger partial charge on any atom is 0.0414 e. The molecular formula is C18H30N2. The number of nitrogens with zero attached hydrogens (tertiary/aromatic N) is 1. The predicted octanol–water partition coefficient (Wildman–Crippen LogP) is 4.20. The molecule has 2 rings (SSSR count). The van der Waals surface area contributed by atoms with Gasteiger partial charge in [0.1, 0.15) is 0 Å². The molecule has 0 aromatic heterocycles. The molecule has 0 radical (unpaired) electrons. The summed E-state index contributed by atoms with van der Waals surface area (Å²) in [4.78, 5) is 2.60. The molecule has 2 atom stereocenters. The number of nitrogens with one attached hydrogen (secondary N) is 1. The van der Waals surface area contributed by atoms with E-state index in [4.69, 9.17) is 0 Å². The van der Waals surface area contributed by atoms with E-state index in [1.165, 1.54) is 30.6 Å². The van der Waals surface area contributed by atoms with Crippen LogP contribution in [0.4, 0.5) is 5.69 Å². The van der Waals surface area contributed by atoms with E-state index in [1.54, 1.807) is 0 Å². The lowest BCUT2D eigenvalue weighted by molar-refractivity contribution is 0.376. The molecule has 2 unspecified atom stereocenters. The summed E-state index contributed by atoms with van der Waals surface area (Å²) < 4.78 is 0. The van der Waals surface area contributed by atoms with Crippen LogP contribution in [0.5, 0.6) is 0 Å². The quantitative estimate of drug-likeness (QED) is 0.888. The minimum absolute atomic E-state index is 0.162. The largest absolute Gasteiger partial charge is 0.369 e. The maximum absolute atomic E-state index is 3.61. The van der Waals surface area contributed by atoms with Gasteiger partial charge in [-0.1, -0.05) is 25.1 Å². The number of hydrogen-bond donors (Lipinski definition) is 1. The van der Waals surface area contributed by atoms with Gasteiger partial charge in [0, 0.05) is 30.4 Å². The second kappa shape index (κ2) is 6.17. The number of benzene rings is 1. The Morgan fingerprint density at radius 3 is 2.55 bits per heavy atom. The summed E-state index contributed by atoms with van der Waals surface area (Å²) in [5.74, 6) is 0.862. The van der Waals surface area contributed by atoms with Crippen LogP contribution in [0.25, 0.3) is 0 Å². The van der Waals surface area contributed by atoms with E-state index in [0.29, 0.717) is 6.04 Å². The molecular weight excluding hydrogens is 244 g/mol. The lowest BCUT2D eigenvalue weighted by atomic mass is 9.92. The summed E-state index contributed by atoms with van der Waals surface area (Å²) in [7, 11) is 0. The predicted molar refractivity (Wildman–Crippen MR) is 88.2 cm³/mol. The Kier molecular flexibility index (Phi) is 4.74. The summed E-state index contributed by atoms with van der Waals surface area (Å²) in [5.41, 5.74) is 3.00. The van der Waals surface area contributed by atoms with Crippen molar-refractivity contribution >= 4 is 5.69 Å². The molecule has 1 saturated heterocycles. The fourth-order valence-corrected chi connectivity index (χ4v) is 3.07. The molecule has 1 N–H and O–H groups in total. The van der Waals surface area contributed by atoms with Crippen LogP contribution in [0, 0.1) is 5.92 Å². The Bertz CT molecular complexity index is 433. The molecule has 1 aromatic carbocycles. The zero-order valence-corrected chi connectivity index (χ0v) is 13.7. The molecule has 0 saturated carbocycles. The average Bonchev–Trinajstić information content (AvgIpc) is 2.36. The molecule has 1 aliphatic heterocycles. The first-order chi connectivity index (χ1) is 9.37. The van der Waals surface area contributed by atoms with Gasteiger partial charge in [-0.25, -0.2) is 0 Å². The van der Waals surface area contributed by atoms with Gasteiger partial charge < -0.3 is 10.2 Å². The van der Waals surface area contributed by atoms with Crippen molar-refractivity contribution in [1.29, 1.82) is 0 Å². The second-order valence-electron chi connectivity index (χ2n) is 7.40. The number of hydrogen-bond acceptors (Lipinski definition) is 2. The van der Waals surface area contributed by atoms with E-state index in [0.717, 1.165) is 12.5 Å². The normalized spacial score (nSPS) is 23.9. The molecule has 2 heteroatoms. The summed E-state index contributed by atoms with van der Waals surface area (Å²) in [6, 6.07) is 9.51. The zero-order chi connectivity index (χ0) is 14.8. The first-order valence-electron chi connectivity index (χ1n) is 7.96. The van der Waals surface area contributed by atoms with Crippen LogP contribution in [0.2, 0.25) is 0 Å². The van der Waals surface area contributed by atoms with Gasteiger partial charge in [0.05, 0.1) is 0 Å². The standard InChI is InChI=1S/C18H30N2/c1-14-10-11-20(15(2)12-14)17-9-7-6-8-16(17)13-19-18(3,4)5/h6-9,14-15,19H,10-13H2,1-5H3. The van der Waals surface area contributed by atoms with Crippen molar-refractivity contribution in [2.24, 2.45) is 5.92 Å². The molecule has 1 heterocycles. The highest BCUT2D eigenvalue weighted by atomic mass is 15.2. The van der Waals surface area contributed by atoms with Crippen LogP contribution in [-0.2, 0) is 6.54 Å². The third-order valence-electron chi connectivity index (χ3n) is 4.25. The highest BCUT2D eigenvalue weighted by Gasteiger charge is 2.24. The van der Waals surface area contributed by atoms with Crippen LogP contribution in [0.15, 0.2) is 24.3 Å². The van der Waals surface area contributed by atoms with Crippen LogP contribution in [0.1, 0.15) is 53.0 Å². The Morgan fingerprint density at radius 1 is 1.20 bits per heavy atom. The SMILES string of the molecule is CC1CCN(c2ccccc2CNC(C)(C)C)C(C)C1. The first-order valence-corrected chi connectivity index (χ1v) is 7.96. The summed E-state index contributed by atoms with van der Waals surface area (Å²) in [5, 5.41) is 3.61. The van der Waals surface area contributed by atoms with Gasteiger partial charge in [-0.15, -0.1) is 0 Å². The number of piperidine rings is 1. The Labute approximate surface area is 124 Å². The van der Waals surface area contributed by atoms with E-state index >= 15 is 0 Å². The average molecular weight is 274 g/mol. The van der Waals surface area contributed by atoms with Gasteiger partial charge >= 0.3 is 0 Å². The van der Waals surface area contributed by atoms with Gasteiger partial charge in [-0.2, -0.15) is 0 Å². The summed E-state index contributed by atoms with van der Waals surface area (Å²) >= 11 is 0. The van der Waals surface area contributed by atoms with Crippen molar-refractivity contribution in [2.75, 3.05) is 11.4 Å². The van der Waals surface area contributed by atoms with E-state index in [1.807, 2.05) is 0 Å². The molecule has 1 aliphatic rings. The van der Waals surface area contributed by atoms with Crippen molar-refractivity contribution in [3.05, 3.63) is 29.8 Å². The summed E-state index contributed by atoms with van der Waals surface area (Å²) in [6.45, 7) is 13.5. The number of para-hydroxylation sites is 1. The lowest BCUT2D eigenvalue weighted by Crippen LogP contribution is -2.41. The van der Waals surface area contributed by atoms with Gasteiger partial charge in [0.15, 0.2) is 0 Å². The molecule has 0 spiro atoms. The zero-order valence-electron chi connectivity index (χ0n) is 13.7. The molecule has 20 heavy (non-hydrogen) atoms. The molecule has 1 fully saturated rings. The van der Waals surface area contributed by atoms with Crippen LogP contribution in [-0.4, -0.2) is 18.1 Å². The first kappa shape index (κ1) is 15.4. The lowest BCUT2D eigenvalue weighted by Gasteiger charge is -2.39. The highest BCUT2D eigenvalue weighted by Crippen LogP contribution is 2.30. The van der Waals surface area contributed by atoms with Crippen molar-refractivity contribution < 1.29 is 0 Å². The smallest absolute Gasteiger partial charge is 0.0414 e. The Hall–Kier alpha value is -1.02. The minimum atomic E-state index is 0.162. The monoisotopic (exact) mass is 274 g/mol. The molecule has 0 amide bonds. The molecule has 0 bridgehead atoms. The Morgan fingerprint density at radius 2 is 1.90 bits per heavy atom. The number of rotatable bonds is 3. The van der Waals surface area contributed by atoms with Crippen molar-refractivity contribution in [2.45, 2.75) is 65.6 Å². The highest BCUT2D eigenvalue weighted by molar-refractivity contribution is 5.54. The topological polar surface area (TPSA) is 15.3 Å². The van der Waals surface area contributed by atoms with Gasteiger partial charge in [0.25, 0.3) is 0 Å². The van der Waals surface area contributed by atoms with E-state index in [-0.39, 0.29) is 5.54 Å². The number of anilines is 1. The van der Waals surface area contributed by atoms with Crippen LogP contribution in [0.3, 0.4) is 0 Å². The van der Waals surface area contributed by atoms with Crippen LogP contribution < -0.4 is 10.2 Å². The third kappa shape index (κ3) is 3.99. The molecule has 1 aromatic rings. The van der Waals surface area contributed by atoms with Gasteiger partial charge in [-0.05, 0) is 58.1 Å².